The van der Waals surface area contributed by atoms with E-state index in [4.69, 9.17) is 4.74 Å². The Balaban J connectivity index is 3.61. The quantitative estimate of drug-likeness (QED) is 0.421. The fourth-order valence-corrected chi connectivity index (χ4v) is 0.363. The molecule has 0 aromatic carbocycles. The summed E-state index contributed by atoms with van der Waals surface area (Å²) in [7, 11) is 0. The van der Waals surface area contributed by atoms with E-state index in [1.165, 1.54) is 6.26 Å². The third kappa shape index (κ3) is 3.76. The van der Waals surface area contributed by atoms with E-state index in [0.29, 0.717) is 18.6 Å². The molecule has 0 aliphatic heterocycles. The van der Waals surface area contributed by atoms with Gasteiger partial charge in [-0.1, -0.05) is 6.92 Å². The van der Waals surface area contributed by atoms with E-state index in [1.54, 1.807) is 6.29 Å². The van der Waals surface area contributed by atoms with Crippen LogP contribution in [0, 0.1) is 0 Å². The van der Waals surface area contributed by atoms with Gasteiger partial charge in [-0.2, -0.15) is 0 Å². The molecule has 0 aliphatic rings. The highest BCUT2D eigenvalue weighted by atomic mass is 16.5. The van der Waals surface area contributed by atoms with Crippen LogP contribution in [-0.4, -0.2) is 12.9 Å². The lowest BCUT2D eigenvalue weighted by atomic mass is 10.3. The smallest absolute Gasteiger partial charge is 0.232 e. The van der Waals surface area contributed by atoms with Crippen LogP contribution in [0.15, 0.2) is 11.8 Å². The molecule has 0 amide bonds. The Morgan fingerprint density at radius 2 is 2.33 bits per heavy atom. The second kappa shape index (κ2) is 5.35. The number of allylic oxidation sites excluding steroid dienone is 1. The Bertz CT molecular complexity index is 105. The van der Waals surface area contributed by atoms with Gasteiger partial charge in [-0.05, 0) is 13.3 Å². The summed E-state index contributed by atoms with van der Waals surface area (Å²) in [5.74, 6) is 0. The summed E-state index contributed by atoms with van der Waals surface area (Å²) < 4.78 is 4.85. The van der Waals surface area contributed by atoms with Crippen molar-refractivity contribution in [1.82, 2.24) is 0 Å². The molecule has 0 saturated heterocycles. The molecule has 0 aromatic heterocycles. The highest BCUT2D eigenvalue weighted by molar-refractivity contribution is 5.73. The Labute approximate surface area is 55.5 Å². The molecule has 0 spiro atoms. The molecular weight excluding hydrogens is 116 g/mol. The van der Waals surface area contributed by atoms with Crippen molar-refractivity contribution < 1.29 is 9.53 Å². The number of carbonyl (C=O) groups excluding carboxylic acids is 1. The van der Waals surface area contributed by atoms with Gasteiger partial charge in [-0.3, -0.25) is 4.79 Å². The Kier molecular flexibility index (Phi) is 4.88. The minimum absolute atomic E-state index is 0.580. The number of rotatable bonds is 4. The third-order valence-electron chi connectivity index (χ3n) is 0.904. The van der Waals surface area contributed by atoms with Crippen molar-refractivity contribution >= 4 is 6.29 Å². The van der Waals surface area contributed by atoms with Gasteiger partial charge in [0.1, 0.15) is 0 Å². The van der Waals surface area contributed by atoms with Crippen LogP contribution >= 0.6 is 0 Å². The maximum Gasteiger partial charge on any atom is 0.232 e. The topological polar surface area (TPSA) is 26.3 Å². The molecule has 1 radical (unpaired) electrons. The van der Waals surface area contributed by atoms with Gasteiger partial charge in [0, 0.05) is 5.57 Å². The molecule has 0 aliphatic carbocycles. The summed E-state index contributed by atoms with van der Waals surface area (Å²) in [4.78, 5) is 9.97. The van der Waals surface area contributed by atoms with Crippen molar-refractivity contribution in [2.75, 3.05) is 6.61 Å². The maximum absolute atomic E-state index is 9.97. The van der Waals surface area contributed by atoms with Gasteiger partial charge in [0.2, 0.25) is 6.29 Å². The normalized spacial score (nSPS) is 11.1. The molecule has 0 bridgehead atoms. The van der Waals surface area contributed by atoms with Gasteiger partial charge < -0.3 is 4.74 Å². The molecule has 0 heterocycles. The maximum atomic E-state index is 9.97. The molecule has 2 nitrogen and oxygen atoms in total. The zero-order chi connectivity index (χ0) is 7.11. The Morgan fingerprint density at radius 1 is 1.67 bits per heavy atom. The van der Waals surface area contributed by atoms with Gasteiger partial charge in [0.25, 0.3) is 0 Å². The summed E-state index contributed by atoms with van der Waals surface area (Å²) in [6.07, 6.45) is 3.91. The van der Waals surface area contributed by atoms with Crippen LogP contribution in [0.4, 0.5) is 0 Å². The van der Waals surface area contributed by atoms with Gasteiger partial charge in [-0.25, -0.2) is 0 Å². The lowest BCUT2D eigenvalue weighted by Crippen LogP contribution is -1.85. The van der Waals surface area contributed by atoms with Crippen molar-refractivity contribution in [2.24, 2.45) is 0 Å². The van der Waals surface area contributed by atoms with Crippen LogP contribution < -0.4 is 0 Å². The predicted molar refractivity (Wildman–Crippen MR) is 35.7 cm³/mol. The van der Waals surface area contributed by atoms with E-state index in [1.807, 2.05) is 13.8 Å². The molecule has 0 N–H and O–H groups in total. The molecule has 0 atom stereocenters. The van der Waals surface area contributed by atoms with Crippen LogP contribution in [-0.2, 0) is 9.53 Å². The summed E-state index contributed by atoms with van der Waals surface area (Å²) in [5.41, 5.74) is 0.580. The van der Waals surface area contributed by atoms with E-state index in [0.717, 1.165) is 0 Å². The number of ether oxygens (including phenoxy) is 1. The zero-order valence-electron chi connectivity index (χ0n) is 5.81. The van der Waals surface area contributed by atoms with Crippen molar-refractivity contribution in [2.45, 2.75) is 20.3 Å². The fraction of sp³-hybridized carbons (Fsp3) is 0.571. The second-order valence-electron chi connectivity index (χ2n) is 1.55. The zero-order valence-corrected chi connectivity index (χ0v) is 5.81. The van der Waals surface area contributed by atoms with Crippen molar-refractivity contribution in [3.05, 3.63) is 11.8 Å². The van der Waals surface area contributed by atoms with Crippen LogP contribution in [0.5, 0.6) is 0 Å². The minimum Gasteiger partial charge on any atom is -0.501 e. The molecular formula is C7H11O2. The molecule has 0 aromatic rings. The van der Waals surface area contributed by atoms with Crippen molar-refractivity contribution in [3.63, 3.8) is 0 Å². The molecule has 0 rings (SSSR count). The van der Waals surface area contributed by atoms with Crippen LogP contribution in [0.2, 0.25) is 0 Å². The third-order valence-corrected chi connectivity index (χ3v) is 0.904. The van der Waals surface area contributed by atoms with Gasteiger partial charge in [-0.15, -0.1) is 0 Å². The number of hydrogen-bond donors (Lipinski definition) is 0. The molecule has 0 saturated carbocycles. The summed E-state index contributed by atoms with van der Waals surface area (Å²) in [6, 6.07) is 0. The summed E-state index contributed by atoms with van der Waals surface area (Å²) >= 11 is 0. The highest BCUT2D eigenvalue weighted by Gasteiger charge is 1.89. The molecule has 0 unspecified atom stereocenters. The average Bonchev–Trinajstić information content (AvgIpc) is 1.91. The SMILES string of the molecule is CCOC=C([C]=O)CC. The molecule has 51 valence electrons. The monoisotopic (exact) mass is 127 g/mol. The van der Waals surface area contributed by atoms with Gasteiger partial charge in [0.05, 0.1) is 12.9 Å². The van der Waals surface area contributed by atoms with Crippen LogP contribution in [0.25, 0.3) is 0 Å². The Morgan fingerprint density at radius 3 is 2.67 bits per heavy atom. The van der Waals surface area contributed by atoms with Crippen LogP contribution in [0.1, 0.15) is 20.3 Å². The van der Waals surface area contributed by atoms with E-state index >= 15 is 0 Å². The highest BCUT2D eigenvalue weighted by Crippen LogP contribution is 1.94. The van der Waals surface area contributed by atoms with Crippen molar-refractivity contribution in [3.8, 4) is 0 Å². The van der Waals surface area contributed by atoms with Crippen LogP contribution in [0.3, 0.4) is 0 Å². The van der Waals surface area contributed by atoms with Crippen molar-refractivity contribution in [1.29, 1.82) is 0 Å². The van der Waals surface area contributed by atoms with E-state index in [-0.39, 0.29) is 0 Å². The van der Waals surface area contributed by atoms with E-state index < -0.39 is 0 Å². The fourth-order valence-electron chi connectivity index (χ4n) is 0.363. The average molecular weight is 127 g/mol. The van der Waals surface area contributed by atoms with Gasteiger partial charge >= 0.3 is 0 Å². The van der Waals surface area contributed by atoms with Gasteiger partial charge in [0.15, 0.2) is 0 Å². The van der Waals surface area contributed by atoms with E-state index in [9.17, 15) is 4.79 Å². The second-order valence-corrected chi connectivity index (χ2v) is 1.55. The predicted octanol–water partition coefficient (Wildman–Crippen LogP) is 1.43. The minimum atomic E-state index is 0.580. The summed E-state index contributed by atoms with van der Waals surface area (Å²) in [6.45, 7) is 4.36. The Hall–Kier alpha value is -0.790. The lowest BCUT2D eigenvalue weighted by Gasteiger charge is -1.93. The largest absolute Gasteiger partial charge is 0.501 e. The summed E-state index contributed by atoms with van der Waals surface area (Å²) in [5, 5.41) is 0. The molecule has 0 fully saturated rings. The first-order valence-corrected chi connectivity index (χ1v) is 3.03. The first kappa shape index (κ1) is 8.21. The number of hydrogen-bond acceptors (Lipinski definition) is 2. The van der Waals surface area contributed by atoms with E-state index in [2.05, 4.69) is 0 Å². The first-order valence-electron chi connectivity index (χ1n) is 3.03. The standard InChI is InChI=1S/C7H11O2/c1-3-7(5-8)6-9-4-2/h6H,3-4H2,1-2H3. The molecule has 2 heteroatoms. The lowest BCUT2D eigenvalue weighted by molar-refractivity contribution is 0.266. The first-order chi connectivity index (χ1) is 4.35. The molecule has 9 heavy (non-hydrogen) atoms.